The van der Waals surface area contributed by atoms with E-state index in [0.29, 0.717) is 0 Å². The topological polar surface area (TPSA) is 0 Å². The zero-order valence-corrected chi connectivity index (χ0v) is 13.6. The monoisotopic (exact) mass is 570 g/mol. The molecule has 0 aliphatic rings. The van der Waals surface area contributed by atoms with Gasteiger partial charge in [-0.05, 0) is 0 Å². The molecular weight excluding hydrogens is 551 g/mol. The minimum Gasteiger partial charge on any atom is -0.147 e. The standard InChI is InChI=1S/4C2H4.2ClH.2Ir/c4*1-2;;;;/h4*1-2H2;2*1H;;. The molecule has 0 unspecified atom stereocenters. The van der Waals surface area contributed by atoms with Crippen molar-refractivity contribution in [1.29, 1.82) is 0 Å². The average Bonchev–Trinajstić information content (AvgIpc) is 2.03. The first-order chi connectivity index (χ1) is 4.00. The third-order valence-electron chi connectivity index (χ3n) is 0. The van der Waals surface area contributed by atoms with E-state index in [1.807, 2.05) is 0 Å². The second-order valence-corrected chi connectivity index (χ2v) is 0. The summed E-state index contributed by atoms with van der Waals surface area (Å²) in [5.41, 5.74) is 0. The van der Waals surface area contributed by atoms with Crippen molar-refractivity contribution in [3.63, 3.8) is 0 Å². The molecule has 0 aromatic carbocycles. The molecule has 0 fully saturated rings. The number of halogens is 2. The van der Waals surface area contributed by atoms with E-state index in [1.54, 1.807) is 0 Å². The van der Waals surface area contributed by atoms with Gasteiger partial charge < -0.3 is 0 Å². The molecule has 0 aromatic heterocycles. The maximum absolute atomic E-state index is 3.00. The second kappa shape index (κ2) is 1980. The largest absolute Gasteiger partial charge is 0.147 e. The van der Waals surface area contributed by atoms with Crippen LogP contribution in [-0.2, 0) is 40.2 Å². The fourth-order valence-corrected chi connectivity index (χ4v) is 0. The summed E-state index contributed by atoms with van der Waals surface area (Å²) in [6.07, 6.45) is 0. The average molecular weight is 570 g/mol. The van der Waals surface area contributed by atoms with Crippen molar-refractivity contribution in [3.05, 3.63) is 52.6 Å². The molecule has 12 heavy (non-hydrogen) atoms. The summed E-state index contributed by atoms with van der Waals surface area (Å²) in [6, 6.07) is 0. The Kier molecular flexibility index (Phi) is 12700. The van der Waals surface area contributed by atoms with Gasteiger partial charge >= 0.3 is 0 Å². The van der Waals surface area contributed by atoms with Crippen LogP contribution in [0.25, 0.3) is 0 Å². The predicted octanol–water partition coefficient (Wildman–Crippen LogP) is 4.05. The minimum atomic E-state index is 0. The molecule has 0 N–H and O–H groups in total. The molecule has 0 aliphatic heterocycles. The van der Waals surface area contributed by atoms with Crippen LogP contribution in [0.15, 0.2) is 52.6 Å². The Hall–Kier alpha value is 0.839. The molecule has 0 nitrogen and oxygen atoms in total. The van der Waals surface area contributed by atoms with Crippen LogP contribution in [0.4, 0.5) is 0 Å². The molecular formula is C8H18Cl2Ir2. The number of rotatable bonds is 0. The van der Waals surface area contributed by atoms with E-state index in [2.05, 4.69) is 52.6 Å². The van der Waals surface area contributed by atoms with Crippen molar-refractivity contribution in [2.45, 2.75) is 0 Å². The van der Waals surface area contributed by atoms with Crippen LogP contribution in [0, 0.1) is 0 Å². The van der Waals surface area contributed by atoms with Gasteiger partial charge in [0.05, 0.1) is 0 Å². The normalized spacial score (nSPS) is 1.33. The van der Waals surface area contributed by atoms with Crippen molar-refractivity contribution in [3.8, 4) is 0 Å². The third-order valence-corrected chi connectivity index (χ3v) is 0. The Labute approximate surface area is 117 Å². The molecule has 0 rings (SSSR count). The van der Waals surface area contributed by atoms with Crippen LogP contribution in [0.5, 0.6) is 0 Å². The van der Waals surface area contributed by atoms with E-state index < -0.39 is 0 Å². The summed E-state index contributed by atoms with van der Waals surface area (Å²) in [7, 11) is 0. The van der Waals surface area contributed by atoms with Gasteiger partial charge in [-0.1, -0.05) is 0 Å². The van der Waals surface area contributed by atoms with Gasteiger partial charge in [0.15, 0.2) is 0 Å². The summed E-state index contributed by atoms with van der Waals surface area (Å²) >= 11 is 0. The molecule has 0 atom stereocenters. The first kappa shape index (κ1) is 76.9. The number of hydrogen-bond donors (Lipinski definition) is 0. The molecule has 0 heterocycles. The molecule has 0 saturated carbocycles. The van der Waals surface area contributed by atoms with Gasteiger partial charge in [-0.15, -0.1) is 77.4 Å². The van der Waals surface area contributed by atoms with Gasteiger partial charge in [-0.3, -0.25) is 0 Å². The third kappa shape index (κ3) is 1490. The molecule has 0 aliphatic carbocycles. The van der Waals surface area contributed by atoms with Crippen LogP contribution in [0.3, 0.4) is 0 Å². The molecule has 0 saturated heterocycles. The van der Waals surface area contributed by atoms with Gasteiger partial charge in [0.1, 0.15) is 0 Å². The molecule has 0 amide bonds. The predicted molar refractivity (Wildman–Crippen MR) is 59.5 cm³/mol. The van der Waals surface area contributed by atoms with Crippen LogP contribution >= 0.6 is 24.8 Å². The SMILES string of the molecule is C=C.C=C.C=C.C=C.Cl.Cl.[Ir].[Ir]. The van der Waals surface area contributed by atoms with E-state index in [-0.39, 0.29) is 65.0 Å². The van der Waals surface area contributed by atoms with Gasteiger partial charge in [0.2, 0.25) is 0 Å². The Morgan fingerprint density at radius 2 is 0.333 bits per heavy atom. The molecule has 0 bridgehead atoms. The molecule has 0 spiro atoms. The zero-order valence-electron chi connectivity index (χ0n) is 7.14. The van der Waals surface area contributed by atoms with Crippen LogP contribution in [0.2, 0.25) is 0 Å². The van der Waals surface area contributed by atoms with Crippen molar-refractivity contribution in [2.75, 3.05) is 0 Å². The molecule has 0 aromatic rings. The van der Waals surface area contributed by atoms with Crippen molar-refractivity contribution >= 4 is 24.8 Å². The van der Waals surface area contributed by atoms with Crippen LogP contribution in [0.1, 0.15) is 0 Å². The van der Waals surface area contributed by atoms with Crippen LogP contribution < -0.4 is 0 Å². The molecule has 82 valence electrons. The van der Waals surface area contributed by atoms with Crippen molar-refractivity contribution in [1.82, 2.24) is 0 Å². The zero-order chi connectivity index (χ0) is 8.00. The Bertz CT molecular complexity index is 23.0. The van der Waals surface area contributed by atoms with E-state index in [4.69, 9.17) is 0 Å². The molecule has 2 radical (unpaired) electrons. The Morgan fingerprint density at radius 1 is 0.333 bits per heavy atom. The summed E-state index contributed by atoms with van der Waals surface area (Å²) in [6.45, 7) is 24.0. The Balaban J connectivity index is -0.00000000267. The fraction of sp³-hybridized carbons (Fsp3) is 0. The van der Waals surface area contributed by atoms with E-state index in [9.17, 15) is 0 Å². The van der Waals surface area contributed by atoms with Crippen molar-refractivity contribution in [2.24, 2.45) is 0 Å². The summed E-state index contributed by atoms with van der Waals surface area (Å²) in [5.74, 6) is 0. The van der Waals surface area contributed by atoms with E-state index >= 15 is 0 Å². The fourth-order valence-electron chi connectivity index (χ4n) is 0. The maximum atomic E-state index is 3.00. The van der Waals surface area contributed by atoms with Gasteiger partial charge in [0, 0.05) is 40.2 Å². The van der Waals surface area contributed by atoms with Gasteiger partial charge in [-0.25, -0.2) is 0 Å². The second-order valence-electron chi connectivity index (χ2n) is 0. The first-order valence-electron chi connectivity index (χ1n) is 2.00. The van der Waals surface area contributed by atoms with Gasteiger partial charge in [0.25, 0.3) is 0 Å². The van der Waals surface area contributed by atoms with Gasteiger partial charge in [-0.2, -0.15) is 0 Å². The summed E-state index contributed by atoms with van der Waals surface area (Å²) in [4.78, 5) is 0. The van der Waals surface area contributed by atoms with Crippen molar-refractivity contribution < 1.29 is 40.2 Å². The summed E-state index contributed by atoms with van der Waals surface area (Å²) < 4.78 is 0. The van der Waals surface area contributed by atoms with E-state index in [1.165, 1.54) is 0 Å². The number of hydrogen-bond acceptors (Lipinski definition) is 0. The van der Waals surface area contributed by atoms with Crippen LogP contribution in [-0.4, -0.2) is 0 Å². The minimum absolute atomic E-state index is 0. The Morgan fingerprint density at radius 3 is 0.333 bits per heavy atom. The molecule has 4 heteroatoms. The maximum Gasteiger partial charge on any atom is 0 e. The smallest absolute Gasteiger partial charge is 0 e. The first-order valence-corrected chi connectivity index (χ1v) is 2.00. The quantitative estimate of drug-likeness (QED) is 0.387. The van der Waals surface area contributed by atoms with E-state index in [0.717, 1.165) is 0 Å². The summed E-state index contributed by atoms with van der Waals surface area (Å²) in [5, 5.41) is 0.